The van der Waals surface area contributed by atoms with E-state index in [0.717, 1.165) is 5.69 Å². The molecule has 23 heavy (non-hydrogen) atoms. The normalized spacial score (nSPS) is 11.0. The van der Waals surface area contributed by atoms with Crippen molar-refractivity contribution in [1.82, 2.24) is 0 Å². The molecular formula is C16H14F3NO3. The van der Waals surface area contributed by atoms with Gasteiger partial charge in [0.2, 0.25) is 0 Å². The first-order valence-electron chi connectivity index (χ1n) is 6.63. The molecule has 0 unspecified atom stereocenters. The van der Waals surface area contributed by atoms with Gasteiger partial charge < -0.3 is 14.8 Å². The van der Waals surface area contributed by atoms with Gasteiger partial charge >= 0.3 is 12.1 Å². The number of nitrogens with one attached hydrogen (secondary N) is 1. The molecule has 0 aliphatic carbocycles. The fourth-order valence-corrected chi connectivity index (χ4v) is 1.84. The number of rotatable bonds is 5. The molecule has 0 aliphatic rings. The zero-order valence-corrected chi connectivity index (χ0v) is 12.2. The number of carbonyl (C=O) groups is 1. The molecule has 0 heterocycles. The number of ether oxygens (including phenoxy) is 2. The molecule has 0 spiro atoms. The van der Waals surface area contributed by atoms with Gasteiger partial charge in [-0.05, 0) is 30.3 Å². The lowest BCUT2D eigenvalue weighted by Crippen LogP contribution is -2.19. The van der Waals surface area contributed by atoms with Crippen molar-refractivity contribution >= 4 is 17.3 Å². The highest BCUT2D eigenvalue weighted by Gasteiger charge is 2.28. The third kappa shape index (κ3) is 4.91. The van der Waals surface area contributed by atoms with Crippen LogP contribution in [0.5, 0.6) is 5.75 Å². The van der Waals surface area contributed by atoms with E-state index in [1.807, 2.05) is 6.07 Å². The van der Waals surface area contributed by atoms with Gasteiger partial charge in [-0.1, -0.05) is 18.2 Å². The molecule has 0 saturated heterocycles. The lowest BCUT2D eigenvalue weighted by Gasteiger charge is -2.14. The highest BCUT2D eigenvalue weighted by molar-refractivity contribution is 5.97. The van der Waals surface area contributed by atoms with E-state index in [0.29, 0.717) is 5.69 Å². The van der Waals surface area contributed by atoms with Crippen LogP contribution < -0.4 is 10.1 Å². The van der Waals surface area contributed by atoms with E-state index in [-0.39, 0.29) is 11.3 Å². The molecule has 0 radical (unpaired) electrons. The van der Waals surface area contributed by atoms with Crippen LogP contribution in [-0.4, -0.2) is 25.9 Å². The van der Waals surface area contributed by atoms with E-state index in [2.05, 4.69) is 14.8 Å². The summed E-state index contributed by atoms with van der Waals surface area (Å²) in [6.45, 7) is -1.43. The van der Waals surface area contributed by atoms with Gasteiger partial charge in [0.1, 0.15) is 5.75 Å². The van der Waals surface area contributed by atoms with Gasteiger partial charge in [0.05, 0.1) is 18.4 Å². The van der Waals surface area contributed by atoms with Crippen LogP contribution in [0.2, 0.25) is 0 Å². The van der Waals surface area contributed by atoms with E-state index in [1.165, 1.54) is 25.3 Å². The molecule has 0 atom stereocenters. The molecule has 0 aliphatic heterocycles. The van der Waals surface area contributed by atoms with Gasteiger partial charge in [0.25, 0.3) is 0 Å². The fraction of sp³-hybridized carbons (Fsp3) is 0.188. The van der Waals surface area contributed by atoms with Crippen molar-refractivity contribution in [1.29, 1.82) is 0 Å². The van der Waals surface area contributed by atoms with Gasteiger partial charge in [-0.25, -0.2) is 4.79 Å². The molecule has 2 aromatic carbocycles. The second-order valence-corrected chi connectivity index (χ2v) is 4.59. The molecular weight excluding hydrogens is 311 g/mol. The molecule has 7 heteroatoms. The van der Waals surface area contributed by atoms with Crippen LogP contribution in [0.4, 0.5) is 24.5 Å². The van der Waals surface area contributed by atoms with Crippen molar-refractivity contribution < 1.29 is 27.4 Å². The first kappa shape index (κ1) is 16.7. The molecule has 1 N–H and O–H groups in total. The highest BCUT2D eigenvalue weighted by Crippen LogP contribution is 2.27. The van der Waals surface area contributed by atoms with Crippen molar-refractivity contribution in [3.63, 3.8) is 0 Å². The third-order valence-electron chi connectivity index (χ3n) is 2.85. The summed E-state index contributed by atoms with van der Waals surface area (Å²) in [7, 11) is 1.19. The van der Waals surface area contributed by atoms with Gasteiger partial charge in [-0.3, -0.25) is 0 Å². The molecule has 0 saturated carbocycles. The van der Waals surface area contributed by atoms with Crippen molar-refractivity contribution in [3.8, 4) is 5.75 Å². The Hall–Kier alpha value is -2.70. The number of hydrogen-bond acceptors (Lipinski definition) is 4. The number of carbonyl (C=O) groups excluding carboxylic acids is 1. The van der Waals surface area contributed by atoms with Gasteiger partial charge in [0.15, 0.2) is 6.61 Å². The second kappa shape index (κ2) is 7.04. The molecule has 2 aromatic rings. The smallest absolute Gasteiger partial charge is 0.422 e. The Morgan fingerprint density at radius 3 is 2.43 bits per heavy atom. The summed E-state index contributed by atoms with van der Waals surface area (Å²) in [6.07, 6.45) is -4.45. The standard InChI is InChI=1S/C16H14F3NO3/c1-22-15(21)13-9-12(23-10-16(17,18)19)7-8-14(13)20-11-5-3-2-4-6-11/h2-9,20H,10H2,1H3. The maximum absolute atomic E-state index is 12.2. The Balaban J connectivity index is 2.26. The third-order valence-corrected chi connectivity index (χ3v) is 2.85. The lowest BCUT2D eigenvalue weighted by molar-refractivity contribution is -0.153. The molecule has 2 rings (SSSR count). The van der Waals surface area contributed by atoms with Crippen LogP contribution in [0, 0.1) is 0 Å². The maximum Gasteiger partial charge on any atom is 0.422 e. The summed E-state index contributed by atoms with van der Waals surface area (Å²) in [6, 6.07) is 13.0. The summed E-state index contributed by atoms with van der Waals surface area (Å²) >= 11 is 0. The van der Waals surface area contributed by atoms with E-state index >= 15 is 0 Å². The van der Waals surface area contributed by atoms with Crippen LogP contribution in [0.25, 0.3) is 0 Å². The number of alkyl halides is 3. The van der Waals surface area contributed by atoms with Crippen LogP contribution in [-0.2, 0) is 4.74 Å². The zero-order valence-electron chi connectivity index (χ0n) is 12.2. The average Bonchev–Trinajstić information content (AvgIpc) is 2.53. The molecule has 0 fully saturated rings. The Kier molecular flexibility index (Phi) is 5.10. The van der Waals surface area contributed by atoms with Crippen molar-refractivity contribution in [2.75, 3.05) is 19.0 Å². The zero-order chi connectivity index (χ0) is 16.9. The monoisotopic (exact) mass is 325 g/mol. The maximum atomic E-state index is 12.2. The van der Waals surface area contributed by atoms with Crippen LogP contribution >= 0.6 is 0 Å². The number of anilines is 2. The Morgan fingerprint density at radius 1 is 1.13 bits per heavy atom. The fourth-order valence-electron chi connectivity index (χ4n) is 1.84. The number of esters is 1. The van der Waals surface area contributed by atoms with E-state index in [1.54, 1.807) is 24.3 Å². The predicted molar refractivity (Wildman–Crippen MR) is 79.1 cm³/mol. The number of methoxy groups -OCH3 is 1. The Morgan fingerprint density at radius 2 is 1.83 bits per heavy atom. The Bertz CT molecular complexity index is 672. The molecule has 122 valence electrons. The van der Waals surface area contributed by atoms with Crippen molar-refractivity contribution in [2.45, 2.75) is 6.18 Å². The van der Waals surface area contributed by atoms with Crippen molar-refractivity contribution in [3.05, 3.63) is 54.1 Å². The average molecular weight is 325 g/mol. The first-order chi connectivity index (χ1) is 10.9. The lowest BCUT2D eigenvalue weighted by atomic mass is 10.1. The summed E-state index contributed by atoms with van der Waals surface area (Å²) in [5.74, 6) is -0.748. The van der Waals surface area contributed by atoms with Gasteiger partial charge in [-0.15, -0.1) is 0 Å². The minimum absolute atomic E-state index is 0.0682. The van der Waals surface area contributed by atoms with E-state index in [4.69, 9.17) is 0 Å². The van der Waals surface area contributed by atoms with Crippen LogP contribution in [0.3, 0.4) is 0 Å². The molecule has 0 aromatic heterocycles. The summed E-state index contributed by atoms with van der Waals surface area (Å²) in [5, 5.41) is 3.01. The van der Waals surface area contributed by atoms with Gasteiger partial charge in [-0.2, -0.15) is 13.2 Å². The largest absolute Gasteiger partial charge is 0.484 e. The highest BCUT2D eigenvalue weighted by atomic mass is 19.4. The molecule has 0 bridgehead atoms. The van der Waals surface area contributed by atoms with E-state index in [9.17, 15) is 18.0 Å². The van der Waals surface area contributed by atoms with E-state index < -0.39 is 18.8 Å². The van der Waals surface area contributed by atoms with Gasteiger partial charge in [0, 0.05) is 5.69 Å². The summed E-state index contributed by atoms with van der Waals surface area (Å²) in [4.78, 5) is 11.8. The minimum Gasteiger partial charge on any atom is -0.484 e. The predicted octanol–water partition coefficient (Wildman–Crippen LogP) is 4.16. The van der Waals surface area contributed by atoms with Crippen LogP contribution in [0.15, 0.2) is 48.5 Å². The molecule has 4 nitrogen and oxygen atoms in total. The van der Waals surface area contributed by atoms with Crippen LogP contribution in [0.1, 0.15) is 10.4 Å². The Labute approximate surface area is 130 Å². The second-order valence-electron chi connectivity index (χ2n) is 4.59. The summed E-state index contributed by atoms with van der Waals surface area (Å²) < 4.78 is 45.9. The van der Waals surface area contributed by atoms with Crippen molar-refractivity contribution in [2.24, 2.45) is 0 Å². The number of hydrogen-bond donors (Lipinski definition) is 1. The molecule has 0 amide bonds. The number of para-hydroxylation sites is 1. The minimum atomic E-state index is -4.45. The summed E-state index contributed by atoms with van der Waals surface area (Å²) in [5.41, 5.74) is 1.21. The SMILES string of the molecule is COC(=O)c1cc(OCC(F)(F)F)ccc1Nc1ccccc1. The first-order valence-corrected chi connectivity index (χ1v) is 6.63. The number of benzene rings is 2. The quantitative estimate of drug-likeness (QED) is 0.839. The number of halogens is 3. The topological polar surface area (TPSA) is 47.6 Å².